The number of benzene rings is 1. The van der Waals surface area contributed by atoms with Gasteiger partial charge in [0.05, 0.1) is 6.10 Å². The lowest BCUT2D eigenvalue weighted by Crippen LogP contribution is -2.08. The molecule has 1 atom stereocenters. The second-order valence-corrected chi connectivity index (χ2v) is 4.86. The smallest absolute Gasteiger partial charge is 0.0568 e. The second-order valence-electron chi connectivity index (χ2n) is 4.43. The molecule has 0 radical (unpaired) electrons. The summed E-state index contributed by atoms with van der Waals surface area (Å²) >= 11 is 5.90. The van der Waals surface area contributed by atoms with Crippen LogP contribution in [0.3, 0.4) is 0 Å². The maximum Gasteiger partial charge on any atom is 0.0568 e. The first-order valence-corrected chi connectivity index (χ1v) is 6.06. The lowest BCUT2D eigenvalue weighted by molar-refractivity contribution is 0.139. The van der Waals surface area contributed by atoms with Gasteiger partial charge in [-0.2, -0.15) is 0 Å². The van der Waals surface area contributed by atoms with E-state index < -0.39 is 0 Å². The van der Waals surface area contributed by atoms with Crippen LogP contribution in [0.25, 0.3) is 0 Å². The van der Waals surface area contributed by atoms with E-state index in [0.717, 1.165) is 24.3 Å². The Morgan fingerprint density at radius 2 is 2.20 bits per heavy atom. The van der Waals surface area contributed by atoms with Gasteiger partial charge in [-0.3, -0.25) is 0 Å². The van der Waals surface area contributed by atoms with Crippen molar-refractivity contribution >= 4 is 11.6 Å². The van der Waals surface area contributed by atoms with Crippen molar-refractivity contribution in [3.8, 4) is 0 Å². The van der Waals surface area contributed by atoms with E-state index in [1.54, 1.807) is 0 Å². The first kappa shape index (κ1) is 11.0. The normalized spacial score (nSPS) is 17.7. The van der Waals surface area contributed by atoms with Gasteiger partial charge in [-0.15, -0.1) is 0 Å². The zero-order valence-corrected chi connectivity index (χ0v) is 9.58. The lowest BCUT2D eigenvalue weighted by Gasteiger charge is -2.08. The standard InChI is InChI=1S/C13H17ClO/c14-12-5-1-3-10(9-12)4-2-6-13(15)11-7-8-11/h1,3,5,9,11,13,15H,2,4,6-8H2. The Bertz CT molecular complexity index is 320. The quantitative estimate of drug-likeness (QED) is 0.813. The maximum atomic E-state index is 9.70. The lowest BCUT2D eigenvalue weighted by atomic mass is 10.0. The van der Waals surface area contributed by atoms with Crippen molar-refractivity contribution in [1.29, 1.82) is 0 Å². The first-order chi connectivity index (χ1) is 7.25. The highest BCUT2D eigenvalue weighted by Crippen LogP contribution is 2.34. The molecule has 1 saturated carbocycles. The highest BCUT2D eigenvalue weighted by molar-refractivity contribution is 6.30. The highest BCUT2D eigenvalue weighted by atomic mass is 35.5. The summed E-state index contributed by atoms with van der Waals surface area (Å²) in [6, 6.07) is 7.97. The molecule has 1 fully saturated rings. The van der Waals surface area contributed by atoms with Gasteiger partial charge in [-0.1, -0.05) is 23.7 Å². The molecule has 0 heterocycles. The highest BCUT2D eigenvalue weighted by Gasteiger charge is 2.28. The molecule has 1 aromatic rings. The summed E-state index contributed by atoms with van der Waals surface area (Å²) in [5.74, 6) is 0.601. The first-order valence-electron chi connectivity index (χ1n) is 5.68. The van der Waals surface area contributed by atoms with E-state index in [2.05, 4.69) is 6.07 Å². The Morgan fingerprint density at radius 1 is 1.40 bits per heavy atom. The minimum atomic E-state index is -0.0656. The Kier molecular flexibility index (Phi) is 3.66. The number of hydrogen-bond acceptors (Lipinski definition) is 1. The van der Waals surface area contributed by atoms with Gasteiger partial charge < -0.3 is 5.11 Å². The molecular formula is C13H17ClO. The molecule has 1 aliphatic carbocycles. The number of aliphatic hydroxyl groups excluding tert-OH is 1. The molecule has 1 nitrogen and oxygen atoms in total. The van der Waals surface area contributed by atoms with Crippen LogP contribution in [0.5, 0.6) is 0 Å². The summed E-state index contributed by atoms with van der Waals surface area (Å²) in [6.07, 6.45) is 5.38. The Labute approximate surface area is 96.1 Å². The van der Waals surface area contributed by atoms with Gasteiger partial charge in [0.25, 0.3) is 0 Å². The average Bonchev–Trinajstić information content (AvgIpc) is 3.00. The van der Waals surface area contributed by atoms with Crippen LogP contribution in [0, 0.1) is 5.92 Å². The molecule has 0 saturated heterocycles. The number of rotatable bonds is 5. The van der Waals surface area contributed by atoms with Crippen LogP contribution >= 0.6 is 11.6 Å². The van der Waals surface area contributed by atoms with Crippen LogP contribution < -0.4 is 0 Å². The van der Waals surface area contributed by atoms with Crippen molar-refractivity contribution in [2.45, 2.75) is 38.2 Å². The van der Waals surface area contributed by atoms with Crippen LogP contribution in [0.4, 0.5) is 0 Å². The fraction of sp³-hybridized carbons (Fsp3) is 0.538. The zero-order chi connectivity index (χ0) is 10.7. The Balaban J connectivity index is 1.73. The van der Waals surface area contributed by atoms with E-state index in [4.69, 9.17) is 11.6 Å². The van der Waals surface area contributed by atoms with Gasteiger partial charge in [0, 0.05) is 5.02 Å². The molecule has 15 heavy (non-hydrogen) atoms. The van der Waals surface area contributed by atoms with Gasteiger partial charge in [0.15, 0.2) is 0 Å². The molecular weight excluding hydrogens is 208 g/mol. The average molecular weight is 225 g/mol. The van der Waals surface area contributed by atoms with Crippen LogP contribution in [-0.2, 0) is 6.42 Å². The summed E-state index contributed by atoms with van der Waals surface area (Å²) in [5, 5.41) is 10.5. The molecule has 1 aromatic carbocycles. The van der Waals surface area contributed by atoms with Crippen LogP contribution in [0.2, 0.25) is 5.02 Å². The molecule has 0 bridgehead atoms. The molecule has 2 rings (SSSR count). The van der Waals surface area contributed by atoms with Crippen molar-refractivity contribution in [3.63, 3.8) is 0 Å². The molecule has 1 aliphatic rings. The SMILES string of the molecule is OC(CCCc1cccc(Cl)c1)C1CC1. The minimum absolute atomic E-state index is 0.0656. The van der Waals surface area contributed by atoms with Crippen molar-refractivity contribution in [2.75, 3.05) is 0 Å². The summed E-state index contributed by atoms with van der Waals surface area (Å²) in [5.41, 5.74) is 1.27. The van der Waals surface area contributed by atoms with E-state index in [1.165, 1.54) is 18.4 Å². The Hall–Kier alpha value is -0.530. The fourth-order valence-electron chi connectivity index (χ4n) is 1.92. The van der Waals surface area contributed by atoms with Crippen LogP contribution in [-0.4, -0.2) is 11.2 Å². The Morgan fingerprint density at radius 3 is 2.87 bits per heavy atom. The van der Waals surface area contributed by atoms with Gasteiger partial charge in [0.1, 0.15) is 0 Å². The minimum Gasteiger partial charge on any atom is -0.393 e. The summed E-state index contributed by atoms with van der Waals surface area (Å²) in [6.45, 7) is 0. The predicted octanol–water partition coefficient (Wildman–Crippen LogP) is 3.43. The molecule has 1 N–H and O–H groups in total. The van der Waals surface area contributed by atoms with Gasteiger partial charge in [-0.25, -0.2) is 0 Å². The van der Waals surface area contributed by atoms with Crippen molar-refractivity contribution in [3.05, 3.63) is 34.9 Å². The number of hydrogen-bond donors (Lipinski definition) is 1. The van der Waals surface area contributed by atoms with Crippen LogP contribution in [0.1, 0.15) is 31.2 Å². The maximum absolute atomic E-state index is 9.70. The molecule has 0 amide bonds. The van der Waals surface area contributed by atoms with Gasteiger partial charge in [-0.05, 0) is 55.7 Å². The topological polar surface area (TPSA) is 20.2 Å². The van der Waals surface area contributed by atoms with E-state index in [9.17, 15) is 5.11 Å². The summed E-state index contributed by atoms with van der Waals surface area (Å²) < 4.78 is 0. The van der Waals surface area contributed by atoms with Gasteiger partial charge in [0.2, 0.25) is 0 Å². The monoisotopic (exact) mass is 224 g/mol. The summed E-state index contributed by atoms with van der Waals surface area (Å²) in [7, 11) is 0. The zero-order valence-electron chi connectivity index (χ0n) is 8.82. The molecule has 0 spiro atoms. The van der Waals surface area contributed by atoms with E-state index >= 15 is 0 Å². The molecule has 82 valence electrons. The molecule has 1 unspecified atom stereocenters. The second kappa shape index (κ2) is 5.00. The van der Waals surface area contributed by atoms with E-state index in [-0.39, 0.29) is 6.10 Å². The third kappa shape index (κ3) is 3.51. The van der Waals surface area contributed by atoms with Crippen molar-refractivity contribution < 1.29 is 5.11 Å². The van der Waals surface area contributed by atoms with Crippen LogP contribution in [0.15, 0.2) is 24.3 Å². The third-order valence-corrected chi connectivity index (χ3v) is 3.26. The van der Waals surface area contributed by atoms with Gasteiger partial charge >= 0.3 is 0 Å². The van der Waals surface area contributed by atoms with Crippen molar-refractivity contribution in [1.82, 2.24) is 0 Å². The fourth-order valence-corrected chi connectivity index (χ4v) is 2.14. The number of halogens is 1. The van der Waals surface area contributed by atoms with E-state index in [0.29, 0.717) is 5.92 Å². The summed E-state index contributed by atoms with van der Waals surface area (Å²) in [4.78, 5) is 0. The predicted molar refractivity (Wildman–Crippen MR) is 63.1 cm³/mol. The number of aryl methyl sites for hydroxylation is 1. The van der Waals surface area contributed by atoms with Crippen molar-refractivity contribution in [2.24, 2.45) is 5.92 Å². The number of aliphatic hydroxyl groups is 1. The molecule has 0 aliphatic heterocycles. The third-order valence-electron chi connectivity index (χ3n) is 3.02. The molecule has 0 aromatic heterocycles. The largest absolute Gasteiger partial charge is 0.393 e. The van der Waals surface area contributed by atoms with E-state index in [1.807, 2.05) is 18.2 Å². The molecule has 2 heteroatoms.